The highest BCUT2D eigenvalue weighted by molar-refractivity contribution is 7.22. The molecule has 1 N–H and O–H groups in total. The average molecular weight is 278 g/mol. The van der Waals surface area contributed by atoms with Crippen LogP contribution in [0.2, 0.25) is 0 Å². The van der Waals surface area contributed by atoms with Gasteiger partial charge >= 0.3 is 0 Å². The number of nitrogens with one attached hydrogen (secondary N) is 1. The van der Waals surface area contributed by atoms with E-state index >= 15 is 0 Å². The molecule has 0 aliphatic carbocycles. The monoisotopic (exact) mass is 278 g/mol. The van der Waals surface area contributed by atoms with E-state index in [2.05, 4.69) is 17.2 Å². The molecule has 2 aromatic rings. The van der Waals surface area contributed by atoms with Gasteiger partial charge < -0.3 is 14.8 Å². The molecule has 0 spiro atoms. The first-order chi connectivity index (χ1) is 9.26. The number of thiazole rings is 1. The standard InChI is InChI=1S/C14H18N2O2S/c1-9(10-5-6-18-8-10)15-14-16-12-4-3-11(17-2)7-13(12)19-14/h3-4,7,9-10H,5-6,8H2,1-2H3,(H,15,16). The molecular weight excluding hydrogens is 260 g/mol. The van der Waals surface area contributed by atoms with E-state index in [1.807, 2.05) is 18.2 Å². The largest absolute Gasteiger partial charge is 0.497 e. The summed E-state index contributed by atoms with van der Waals surface area (Å²) >= 11 is 1.67. The van der Waals surface area contributed by atoms with E-state index in [1.54, 1.807) is 18.4 Å². The van der Waals surface area contributed by atoms with Crippen molar-refractivity contribution in [3.63, 3.8) is 0 Å². The fourth-order valence-electron chi connectivity index (χ4n) is 2.35. The van der Waals surface area contributed by atoms with E-state index in [0.717, 1.165) is 40.7 Å². The van der Waals surface area contributed by atoms with Gasteiger partial charge in [-0.15, -0.1) is 0 Å². The van der Waals surface area contributed by atoms with Gasteiger partial charge in [0.15, 0.2) is 5.13 Å². The van der Waals surface area contributed by atoms with Gasteiger partial charge in [0.05, 0.1) is 23.9 Å². The summed E-state index contributed by atoms with van der Waals surface area (Å²) in [5.74, 6) is 1.46. The number of anilines is 1. The molecule has 1 fully saturated rings. The van der Waals surface area contributed by atoms with Crippen LogP contribution in [0.3, 0.4) is 0 Å². The van der Waals surface area contributed by atoms with E-state index in [4.69, 9.17) is 9.47 Å². The Morgan fingerprint density at radius 3 is 3.16 bits per heavy atom. The molecule has 1 aliphatic heterocycles. The predicted octanol–water partition coefficient (Wildman–Crippen LogP) is 3.14. The highest BCUT2D eigenvalue weighted by atomic mass is 32.1. The van der Waals surface area contributed by atoms with Gasteiger partial charge in [0.25, 0.3) is 0 Å². The summed E-state index contributed by atoms with van der Waals surface area (Å²) in [7, 11) is 1.68. The number of rotatable bonds is 4. The number of ether oxygens (including phenoxy) is 2. The van der Waals surface area contributed by atoms with Gasteiger partial charge in [0, 0.05) is 18.6 Å². The number of fused-ring (bicyclic) bond motifs is 1. The van der Waals surface area contributed by atoms with Gasteiger partial charge in [-0.2, -0.15) is 0 Å². The van der Waals surface area contributed by atoms with Crippen molar-refractivity contribution in [1.82, 2.24) is 4.98 Å². The molecule has 4 nitrogen and oxygen atoms in total. The van der Waals surface area contributed by atoms with Crippen LogP contribution in [-0.2, 0) is 4.74 Å². The molecular formula is C14H18N2O2S. The lowest BCUT2D eigenvalue weighted by atomic mass is 10.0. The summed E-state index contributed by atoms with van der Waals surface area (Å²) in [6.45, 7) is 3.94. The number of benzene rings is 1. The summed E-state index contributed by atoms with van der Waals surface area (Å²) in [6, 6.07) is 6.37. The Morgan fingerprint density at radius 2 is 2.42 bits per heavy atom. The van der Waals surface area contributed by atoms with Crippen LogP contribution in [0.5, 0.6) is 5.75 Å². The van der Waals surface area contributed by atoms with Crippen molar-refractivity contribution < 1.29 is 9.47 Å². The first kappa shape index (κ1) is 12.7. The molecule has 0 amide bonds. The Balaban J connectivity index is 1.77. The molecule has 5 heteroatoms. The fraction of sp³-hybridized carbons (Fsp3) is 0.500. The minimum absolute atomic E-state index is 0.393. The Labute approximate surface area is 116 Å². The van der Waals surface area contributed by atoms with Gasteiger partial charge in [-0.05, 0) is 31.5 Å². The lowest BCUT2D eigenvalue weighted by Gasteiger charge is -2.18. The van der Waals surface area contributed by atoms with Crippen molar-refractivity contribution in [1.29, 1.82) is 0 Å². The Bertz CT molecular complexity index is 564. The quantitative estimate of drug-likeness (QED) is 0.933. The summed E-state index contributed by atoms with van der Waals surface area (Å²) in [4.78, 5) is 4.61. The second kappa shape index (κ2) is 5.35. The first-order valence-electron chi connectivity index (χ1n) is 6.55. The van der Waals surface area contributed by atoms with Crippen molar-refractivity contribution in [2.45, 2.75) is 19.4 Å². The van der Waals surface area contributed by atoms with Crippen LogP contribution in [0, 0.1) is 5.92 Å². The molecule has 2 atom stereocenters. The van der Waals surface area contributed by atoms with Crippen LogP contribution in [-0.4, -0.2) is 31.3 Å². The normalized spacial score (nSPS) is 20.6. The van der Waals surface area contributed by atoms with Gasteiger partial charge in [-0.1, -0.05) is 11.3 Å². The van der Waals surface area contributed by atoms with Crippen molar-refractivity contribution in [3.05, 3.63) is 18.2 Å². The summed E-state index contributed by atoms with van der Waals surface area (Å²) in [5, 5.41) is 4.47. The van der Waals surface area contributed by atoms with Gasteiger partial charge in [-0.3, -0.25) is 0 Å². The summed E-state index contributed by atoms with van der Waals surface area (Å²) < 4.78 is 11.8. The topological polar surface area (TPSA) is 43.4 Å². The second-order valence-corrected chi connectivity index (χ2v) is 5.94. The Morgan fingerprint density at radius 1 is 1.53 bits per heavy atom. The Hall–Kier alpha value is -1.33. The smallest absolute Gasteiger partial charge is 0.184 e. The Kier molecular flexibility index (Phi) is 3.57. The molecule has 102 valence electrons. The highest BCUT2D eigenvalue weighted by Crippen LogP contribution is 2.30. The zero-order valence-electron chi connectivity index (χ0n) is 11.2. The third kappa shape index (κ3) is 2.67. The highest BCUT2D eigenvalue weighted by Gasteiger charge is 2.22. The van der Waals surface area contributed by atoms with E-state index in [9.17, 15) is 0 Å². The molecule has 3 rings (SSSR count). The molecule has 19 heavy (non-hydrogen) atoms. The summed E-state index contributed by atoms with van der Waals surface area (Å²) in [6.07, 6.45) is 1.13. The summed E-state index contributed by atoms with van der Waals surface area (Å²) in [5.41, 5.74) is 1.02. The van der Waals surface area contributed by atoms with Crippen LogP contribution >= 0.6 is 11.3 Å². The lowest BCUT2D eigenvalue weighted by Crippen LogP contribution is -2.25. The molecule has 0 saturated carbocycles. The zero-order valence-corrected chi connectivity index (χ0v) is 12.0. The molecule has 1 aliphatic rings. The number of methoxy groups -OCH3 is 1. The maximum absolute atomic E-state index is 5.43. The van der Waals surface area contributed by atoms with Crippen molar-refractivity contribution >= 4 is 26.7 Å². The minimum Gasteiger partial charge on any atom is -0.497 e. The second-order valence-electron chi connectivity index (χ2n) is 4.91. The SMILES string of the molecule is COc1ccc2nc(NC(C)C3CCOC3)sc2c1. The maximum Gasteiger partial charge on any atom is 0.184 e. The molecule has 1 aromatic carbocycles. The third-order valence-electron chi connectivity index (χ3n) is 3.62. The molecule has 1 saturated heterocycles. The molecule has 1 aromatic heterocycles. The van der Waals surface area contributed by atoms with Crippen LogP contribution < -0.4 is 10.1 Å². The molecule has 2 heterocycles. The number of hydrogen-bond acceptors (Lipinski definition) is 5. The maximum atomic E-state index is 5.43. The van der Waals surface area contributed by atoms with Gasteiger partial charge in [0.2, 0.25) is 0 Å². The van der Waals surface area contributed by atoms with Gasteiger partial charge in [0.1, 0.15) is 5.75 Å². The fourth-order valence-corrected chi connectivity index (χ4v) is 3.34. The molecule has 2 unspecified atom stereocenters. The van der Waals surface area contributed by atoms with Crippen LogP contribution in [0.25, 0.3) is 10.2 Å². The number of hydrogen-bond donors (Lipinski definition) is 1. The van der Waals surface area contributed by atoms with Crippen LogP contribution in [0.15, 0.2) is 18.2 Å². The first-order valence-corrected chi connectivity index (χ1v) is 7.37. The zero-order chi connectivity index (χ0) is 13.2. The van der Waals surface area contributed by atoms with E-state index < -0.39 is 0 Å². The van der Waals surface area contributed by atoms with E-state index in [0.29, 0.717) is 12.0 Å². The molecule has 0 bridgehead atoms. The van der Waals surface area contributed by atoms with Crippen molar-refractivity contribution in [3.8, 4) is 5.75 Å². The van der Waals surface area contributed by atoms with Crippen LogP contribution in [0.1, 0.15) is 13.3 Å². The average Bonchev–Trinajstić information content (AvgIpc) is 3.06. The number of aromatic nitrogens is 1. The lowest BCUT2D eigenvalue weighted by molar-refractivity contribution is 0.183. The third-order valence-corrected chi connectivity index (χ3v) is 4.57. The predicted molar refractivity (Wildman–Crippen MR) is 78.2 cm³/mol. The van der Waals surface area contributed by atoms with E-state index in [1.165, 1.54) is 0 Å². The van der Waals surface area contributed by atoms with Crippen LogP contribution in [0.4, 0.5) is 5.13 Å². The van der Waals surface area contributed by atoms with Gasteiger partial charge in [-0.25, -0.2) is 4.98 Å². The van der Waals surface area contributed by atoms with E-state index in [-0.39, 0.29) is 0 Å². The number of nitrogens with zero attached hydrogens (tertiary/aromatic N) is 1. The van der Waals surface area contributed by atoms with Crippen molar-refractivity contribution in [2.24, 2.45) is 5.92 Å². The minimum atomic E-state index is 0.393. The van der Waals surface area contributed by atoms with Crippen molar-refractivity contribution in [2.75, 3.05) is 25.6 Å². The molecule has 0 radical (unpaired) electrons.